The van der Waals surface area contributed by atoms with Gasteiger partial charge in [-0.2, -0.15) is 5.26 Å². The molecule has 2 aromatic rings. The van der Waals surface area contributed by atoms with Gasteiger partial charge in [0.1, 0.15) is 0 Å². The molecule has 4 rings (SSSR count). The number of allylic oxidation sites excluding steroid dienone is 1. The maximum atomic E-state index is 12.9. The monoisotopic (exact) mass is 328 g/mol. The smallest absolute Gasteiger partial charge is 0.254 e. The molecule has 124 valence electrons. The quantitative estimate of drug-likeness (QED) is 0.838. The van der Waals surface area contributed by atoms with Crippen molar-refractivity contribution in [2.45, 2.75) is 24.7 Å². The first-order chi connectivity index (χ1) is 12.2. The molecule has 1 heterocycles. The van der Waals surface area contributed by atoms with Gasteiger partial charge in [0.25, 0.3) is 5.91 Å². The van der Waals surface area contributed by atoms with Crippen molar-refractivity contribution in [1.29, 1.82) is 5.26 Å². The minimum Gasteiger partial charge on any atom is -0.339 e. The first-order valence-electron chi connectivity index (χ1n) is 8.76. The zero-order chi connectivity index (χ0) is 17.3. The lowest BCUT2D eigenvalue weighted by atomic mass is 9.74. The van der Waals surface area contributed by atoms with Gasteiger partial charge in [-0.15, -0.1) is 0 Å². The average molecular weight is 328 g/mol. The zero-order valence-electron chi connectivity index (χ0n) is 14.1. The van der Waals surface area contributed by atoms with E-state index in [0.29, 0.717) is 5.56 Å². The topological polar surface area (TPSA) is 44.1 Å². The van der Waals surface area contributed by atoms with Crippen molar-refractivity contribution in [2.24, 2.45) is 0 Å². The predicted molar refractivity (Wildman–Crippen MR) is 98.1 cm³/mol. The molecule has 1 aliphatic carbocycles. The molecular formula is C22H20N2O. The fourth-order valence-electron chi connectivity index (χ4n) is 4.12. The second-order valence-electron chi connectivity index (χ2n) is 6.86. The first kappa shape index (κ1) is 15.7. The van der Waals surface area contributed by atoms with Gasteiger partial charge in [-0.25, -0.2) is 0 Å². The van der Waals surface area contributed by atoms with Crippen LogP contribution in [0.25, 0.3) is 6.08 Å². The third-order valence-electron chi connectivity index (χ3n) is 5.54. The van der Waals surface area contributed by atoms with E-state index in [9.17, 15) is 4.79 Å². The van der Waals surface area contributed by atoms with Crippen LogP contribution in [0, 0.1) is 11.3 Å². The standard InChI is InChI=1S/C22H20N2O/c23-14-10-17-5-1-3-7-19(17)21(25)24-15-12-22(13-16-24)11-9-18-6-2-4-8-20(18)22/h1-9,11H,10,12-13,15-16H2. The van der Waals surface area contributed by atoms with Gasteiger partial charge in [0.15, 0.2) is 0 Å². The molecule has 2 aliphatic rings. The summed E-state index contributed by atoms with van der Waals surface area (Å²) in [6, 6.07) is 18.2. The molecule has 0 saturated carbocycles. The van der Waals surface area contributed by atoms with Crippen molar-refractivity contribution in [3.8, 4) is 6.07 Å². The number of carbonyl (C=O) groups excluding carboxylic acids is 1. The Morgan fingerprint density at radius 1 is 1.08 bits per heavy atom. The fraction of sp³-hybridized carbons (Fsp3) is 0.273. The highest BCUT2D eigenvalue weighted by Crippen LogP contribution is 2.43. The van der Waals surface area contributed by atoms with Crippen molar-refractivity contribution in [2.75, 3.05) is 13.1 Å². The van der Waals surface area contributed by atoms with Crippen molar-refractivity contribution < 1.29 is 4.79 Å². The van der Waals surface area contributed by atoms with Crippen molar-refractivity contribution in [3.63, 3.8) is 0 Å². The molecule has 0 radical (unpaired) electrons. The van der Waals surface area contributed by atoms with Gasteiger partial charge in [-0.3, -0.25) is 4.79 Å². The largest absolute Gasteiger partial charge is 0.339 e. The summed E-state index contributed by atoms with van der Waals surface area (Å²) in [5, 5.41) is 8.99. The maximum absolute atomic E-state index is 12.9. The van der Waals surface area contributed by atoms with Crippen molar-refractivity contribution in [3.05, 3.63) is 76.9 Å². The van der Waals surface area contributed by atoms with Gasteiger partial charge >= 0.3 is 0 Å². The van der Waals surface area contributed by atoms with Gasteiger partial charge < -0.3 is 4.90 Å². The summed E-state index contributed by atoms with van der Waals surface area (Å²) in [5.74, 6) is 0.0518. The molecule has 2 aromatic carbocycles. The van der Waals surface area contributed by atoms with E-state index >= 15 is 0 Å². The number of fused-ring (bicyclic) bond motifs is 2. The number of nitrogens with zero attached hydrogens (tertiary/aromatic N) is 2. The molecule has 1 aliphatic heterocycles. The summed E-state index contributed by atoms with van der Waals surface area (Å²) in [6.45, 7) is 1.50. The Morgan fingerprint density at radius 3 is 2.60 bits per heavy atom. The van der Waals surface area contributed by atoms with Gasteiger partial charge in [0.05, 0.1) is 12.5 Å². The molecule has 1 spiro atoms. The molecule has 0 aromatic heterocycles. The van der Waals surface area contributed by atoms with Crippen LogP contribution in [-0.4, -0.2) is 23.9 Å². The molecule has 25 heavy (non-hydrogen) atoms. The van der Waals surface area contributed by atoms with Crippen LogP contribution in [0.15, 0.2) is 54.6 Å². The normalized spacial score (nSPS) is 17.3. The number of rotatable bonds is 2. The number of benzene rings is 2. The van der Waals surface area contributed by atoms with Crippen LogP contribution in [0.4, 0.5) is 0 Å². The summed E-state index contributed by atoms with van der Waals surface area (Å²) < 4.78 is 0. The average Bonchev–Trinajstić information content (AvgIpc) is 3.01. The Bertz CT molecular complexity index is 883. The second-order valence-corrected chi connectivity index (χ2v) is 6.86. The van der Waals surface area contributed by atoms with Crippen LogP contribution >= 0.6 is 0 Å². The fourth-order valence-corrected chi connectivity index (χ4v) is 4.12. The van der Waals surface area contributed by atoms with Gasteiger partial charge in [-0.05, 0) is 35.6 Å². The highest BCUT2D eigenvalue weighted by Gasteiger charge is 2.39. The number of hydrogen-bond acceptors (Lipinski definition) is 2. The van der Waals surface area contributed by atoms with E-state index in [1.807, 2.05) is 29.2 Å². The predicted octanol–water partition coefficient (Wildman–Crippen LogP) is 3.95. The van der Waals surface area contributed by atoms with E-state index in [2.05, 4.69) is 42.5 Å². The van der Waals surface area contributed by atoms with E-state index < -0.39 is 0 Å². The van der Waals surface area contributed by atoms with Gasteiger partial charge in [0, 0.05) is 24.1 Å². The Kier molecular flexibility index (Phi) is 3.89. The maximum Gasteiger partial charge on any atom is 0.254 e. The summed E-state index contributed by atoms with van der Waals surface area (Å²) in [6.07, 6.45) is 6.72. The molecule has 3 nitrogen and oxygen atoms in total. The first-order valence-corrected chi connectivity index (χ1v) is 8.76. The summed E-state index contributed by atoms with van der Waals surface area (Å²) in [5.41, 5.74) is 4.27. The number of likely N-dealkylation sites (tertiary alicyclic amines) is 1. The molecule has 0 atom stereocenters. The number of piperidine rings is 1. The van der Waals surface area contributed by atoms with Crippen LogP contribution < -0.4 is 0 Å². The number of carbonyl (C=O) groups is 1. The van der Waals surface area contributed by atoms with Crippen LogP contribution in [0.3, 0.4) is 0 Å². The minimum atomic E-state index is 0.0518. The lowest BCUT2D eigenvalue weighted by molar-refractivity contribution is 0.0689. The SMILES string of the molecule is N#CCc1ccccc1C(=O)N1CCC2(C=Cc3ccccc32)CC1. The summed E-state index contributed by atoms with van der Waals surface area (Å²) >= 11 is 0. The molecule has 0 N–H and O–H groups in total. The Hall–Kier alpha value is -2.86. The molecule has 1 amide bonds. The van der Waals surface area contributed by atoms with E-state index in [0.717, 1.165) is 31.5 Å². The highest BCUT2D eigenvalue weighted by atomic mass is 16.2. The highest BCUT2D eigenvalue weighted by molar-refractivity contribution is 5.96. The van der Waals surface area contributed by atoms with Crippen LogP contribution in [0.1, 0.15) is 39.9 Å². The zero-order valence-corrected chi connectivity index (χ0v) is 14.1. The number of amides is 1. The van der Waals surface area contributed by atoms with Crippen molar-refractivity contribution >= 4 is 12.0 Å². The van der Waals surface area contributed by atoms with Gasteiger partial charge in [0.2, 0.25) is 0 Å². The third kappa shape index (κ3) is 2.64. The molecule has 1 saturated heterocycles. The molecule has 0 unspecified atom stereocenters. The van der Waals surface area contributed by atoms with E-state index in [1.54, 1.807) is 0 Å². The van der Waals surface area contributed by atoms with Gasteiger partial charge in [-0.1, -0.05) is 54.6 Å². The van der Waals surface area contributed by atoms with Crippen LogP contribution in [0.2, 0.25) is 0 Å². The lowest BCUT2D eigenvalue weighted by Crippen LogP contribution is -2.44. The lowest BCUT2D eigenvalue weighted by Gasteiger charge is -2.39. The van der Waals surface area contributed by atoms with E-state index in [4.69, 9.17) is 5.26 Å². The molecule has 3 heteroatoms. The Labute approximate surface area is 148 Å². The third-order valence-corrected chi connectivity index (χ3v) is 5.54. The minimum absolute atomic E-state index is 0.0518. The Balaban J connectivity index is 1.53. The molecule has 1 fully saturated rings. The van der Waals surface area contributed by atoms with Crippen LogP contribution in [0.5, 0.6) is 0 Å². The Morgan fingerprint density at radius 2 is 1.80 bits per heavy atom. The van der Waals surface area contributed by atoms with E-state index in [-0.39, 0.29) is 17.7 Å². The molecular weight excluding hydrogens is 308 g/mol. The van der Waals surface area contributed by atoms with Crippen molar-refractivity contribution in [1.82, 2.24) is 4.90 Å². The number of nitriles is 1. The van der Waals surface area contributed by atoms with Crippen LogP contribution in [-0.2, 0) is 11.8 Å². The number of hydrogen-bond donors (Lipinski definition) is 0. The second kappa shape index (κ2) is 6.22. The van der Waals surface area contributed by atoms with E-state index in [1.165, 1.54) is 11.1 Å². The molecule has 0 bridgehead atoms. The summed E-state index contributed by atoms with van der Waals surface area (Å²) in [4.78, 5) is 14.9. The summed E-state index contributed by atoms with van der Waals surface area (Å²) in [7, 11) is 0.